The third-order valence-electron chi connectivity index (χ3n) is 6.91. The van der Waals surface area contributed by atoms with Gasteiger partial charge in [0.2, 0.25) is 0 Å². The van der Waals surface area contributed by atoms with Gasteiger partial charge in [-0.1, -0.05) is 6.42 Å². The SMILES string of the molecule is CN=C(NCC(C)(C)N1CCCCC1)NCC1(N2CCCC2)CCOCC1.I. The molecule has 3 rings (SSSR count). The van der Waals surface area contributed by atoms with Gasteiger partial charge in [0.05, 0.1) is 0 Å². The van der Waals surface area contributed by atoms with E-state index in [1.54, 1.807) is 0 Å². The fourth-order valence-electron chi connectivity index (χ4n) is 4.93. The first-order valence-electron chi connectivity index (χ1n) is 11.1. The van der Waals surface area contributed by atoms with Gasteiger partial charge in [-0.15, -0.1) is 24.0 Å². The van der Waals surface area contributed by atoms with E-state index < -0.39 is 0 Å². The molecule has 0 aromatic heterocycles. The van der Waals surface area contributed by atoms with Crippen LogP contribution in [0.1, 0.15) is 58.8 Å². The van der Waals surface area contributed by atoms with Crippen LogP contribution in [0.2, 0.25) is 0 Å². The van der Waals surface area contributed by atoms with Gasteiger partial charge >= 0.3 is 0 Å². The molecule has 28 heavy (non-hydrogen) atoms. The highest BCUT2D eigenvalue weighted by molar-refractivity contribution is 14.0. The zero-order valence-corrected chi connectivity index (χ0v) is 20.6. The van der Waals surface area contributed by atoms with Crippen LogP contribution < -0.4 is 10.6 Å². The van der Waals surface area contributed by atoms with Gasteiger partial charge in [0.25, 0.3) is 0 Å². The van der Waals surface area contributed by atoms with E-state index in [9.17, 15) is 0 Å². The molecule has 0 unspecified atom stereocenters. The summed E-state index contributed by atoms with van der Waals surface area (Å²) in [5, 5.41) is 7.26. The van der Waals surface area contributed by atoms with Crippen molar-refractivity contribution in [1.82, 2.24) is 20.4 Å². The smallest absolute Gasteiger partial charge is 0.191 e. The van der Waals surface area contributed by atoms with Crippen molar-refractivity contribution in [2.24, 2.45) is 4.99 Å². The van der Waals surface area contributed by atoms with Crippen LogP contribution in [-0.4, -0.2) is 86.4 Å². The number of nitrogens with zero attached hydrogens (tertiary/aromatic N) is 3. The molecule has 0 atom stereocenters. The van der Waals surface area contributed by atoms with Gasteiger partial charge in [0.1, 0.15) is 0 Å². The van der Waals surface area contributed by atoms with E-state index in [4.69, 9.17) is 4.74 Å². The third kappa shape index (κ3) is 6.19. The molecule has 3 saturated heterocycles. The maximum atomic E-state index is 5.67. The average molecular weight is 508 g/mol. The molecule has 3 aliphatic rings. The summed E-state index contributed by atoms with van der Waals surface area (Å²) in [5.41, 5.74) is 0.387. The molecule has 0 aromatic carbocycles. The number of aliphatic imine (C=N–C) groups is 1. The number of guanidine groups is 1. The summed E-state index contributed by atoms with van der Waals surface area (Å²) in [7, 11) is 1.88. The molecule has 0 bridgehead atoms. The Bertz CT molecular complexity index is 481. The van der Waals surface area contributed by atoms with Crippen LogP contribution >= 0.6 is 24.0 Å². The minimum atomic E-state index is 0. The Morgan fingerprint density at radius 3 is 2.18 bits per heavy atom. The minimum Gasteiger partial charge on any atom is -0.381 e. The summed E-state index contributed by atoms with van der Waals surface area (Å²) in [6.07, 6.45) is 8.95. The molecule has 7 heteroatoms. The normalized spacial score (nSPS) is 24.6. The van der Waals surface area contributed by atoms with E-state index in [-0.39, 0.29) is 35.1 Å². The Kier molecular flexibility index (Phi) is 9.76. The van der Waals surface area contributed by atoms with Crippen LogP contribution in [0, 0.1) is 0 Å². The summed E-state index contributed by atoms with van der Waals surface area (Å²) in [4.78, 5) is 9.83. The van der Waals surface area contributed by atoms with Gasteiger partial charge in [-0.05, 0) is 78.6 Å². The maximum absolute atomic E-state index is 5.67. The Labute approximate surface area is 189 Å². The van der Waals surface area contributed by atoms with Crippen LogP contribution in [0.3, 0.4) is 0 Å². The first kappa shape index (κ1) is 24.2. The van der Waals surface area contributed by atoms with E-state index >= 15 is 0 Å². The van der Waals surface area contributed by atoms with Gasteiger partial charge in [-0.25, -0.2) is 0 Å². The first-order chi connectivity index (χ1) is 13.1. The third-order valence-corrected chi connectivity index (χ3v) is 6.91. The van der Waals surface area contributed by atoms with Gasteiger partial charge in [-0.3, -0.25) is 14.8 Å². The molecule has 164 valence electrons. The molecule has 0 spiro atoms. The van der Waals surface area contributed by atoms with E-state index in [0.717, 1.165) is 45.1 Å². The molecule has 0 saturated carbocycles. The molecule has 6 nitrogen and oxygen atoms in total. The quantitative estimate of drug-likeness (QED) is 0.329. The highest BCUT2D eigenvalue weighted by Crippen LogP contribution is 2.30. The molecule has 3 aliphatic heterocycles. The number of halogens is 1. The van der Waals surface area contributed by atoms with Crippen LogP contribution in [0.4, 0.5) is 0 Å². The first-order valence-corrected chi connectivity index (χ1v) is 11.1. The Hall–Kier alpha value is -0.120. The lowest BCUT2D eigenvalue weighted by atomic mass is 9.88. The van der Waals surface area contributed by atoms with Crippen molar-refractivity contribution in [3.8, 4) is 0 Å². The van der Waals surface area contributed by atoms with Crippen LogP contribution in [0.5, 0.6) is 0 Å². The van der Waals surface area contributed by atoms with Crippen LogP contribution in [0.15, 0.2) is 4.99 Å². The van der Waals surface area contributed by atoms with E-state index in [1.807, 2.05) is 7.05 Å². The molecule has 0 aromatic rings. The predicted octanol–water partition coefficient (Wildman–Crippen LogP) is 2.68. The minimum absolute atomic E-state index is 0. The zero-order valence-electron chi connectivity index (χ0n) is 18.3. The van der Waals surface area contributed by atoms with E-state index in [1.165, 1.54) is 58.3 Å². The van der Waals surface area contributed by atoms with Crippen molar-refractivity contribution in [2.45, 2.75) is 69.9 Å². The Balaban J connectivity index is 0.00000280. The molecular weight excluding hydrogens is 465 g/mol. The fraction of sp³-hybridized carbons (Fsp3) is 0.952. The second kappa shape index (κ2) is 11.3. The topological polar surface area (TPSA) is 52.1 Å². The highest BCUT2D eigenvalue weighted by atomic mass is 127. The standard InChI is InChI=1S/C21H41N5O.HI/c1-20(2,25-11-5-4-6-12-25)17-23-19(22-3)24-18-21(9-15-27-16-10-21)26-13-7-8-14-26;/h4-18H2,1-3H3,(H2,22,23,24);1H. The number of hydrogen-bond acceptors (Lipinski definition) is 4. The lowest BCUT2D eigenvalue weighted by Gasteiger charge is -2.45. The highest BCUT2D eigenvalue weighted by Gasteiger charge is 2.39. The summed E-state index contributed by atoms with van der Waals surface area (Å²) < 4.78 is 5.67. The fourth-order valence-corrected chi connectivity index (χ4v) is 4.93. The number of rotatable bonds is 6. The largest absolute Gasteiger partial charge is 0.381 e. The molecule has 3 heterocycles. The number of likely N-dealkylation sites (tertiary alicyclic amines) is 2. The maximum Gasteiger partial charge on any atom is 0.191 e. The van der Waals surface area contributed by atoms with Gasteiger partial charge < -0.3 is 15.4 Å². The number of ether oxygens (including phenoxy) is 1. The Morgan fingerprint density at radius 2 is 1.57 bits per heavy atom. The average Bonchev–Trinajstić information content (AvgIpc) is 3.25. The molecule has 2 N–H and O–H groups in total. The molecule has 3 fully saturated rings. The summed E-state index contributed by atoms with van der Waals surface area (Å²) in [6, 6.07) is 0. The Morgan fingerprint density at radius 1 is 0.964 bits per heavy atom. The number of nitrogens with one attached hydrogen (secondary N) is 2. The molecule has 0 amide bonds. The summed E-state index contributed by atoms with van der Waals surface area (Å²) >= 11 is 0. The van der Waals surface area contributed by atoms with Crippen molar-refractivity contribution in [3.63, 3.8) is 0 Å². The summed E-state index contributed by atoms with van der Waals surface area (Å²) in [6.45, 7) is 13.2. The van der Waals surface area contributed by atoms with Crippen LogP contribution in [-0.2, 0) is 4.74 Å². The van der Waals surface area contributed by atoms with Crippen LogP contribution in [0.25, 0.3) is 0 Å². The molecule has 0 aliphatic carbocycles. The van der Waals surface area contributed by atoms with Crippen molar-refractivity contribution in [1.29, 1.82) is 0 Å². The number of hydrogen-bond donors (Lipinski definition) is 2. The molecule has 0 radical (unpaired) electrons. The monoisotopic (exact) mass is 507 g/mol. The lowest BCUT2D eigenvalue weighted by molar-refractivity contribution is -0.0164. The second-order valence-corrected chi connectivity index (χ2v) is 9.17. The van der Waals surface area contributed by atoms with E-state index in [0.29, 0.717) is 0 Å². The van der Waals surface area contributed by atoms with Gasteiger partial charge in [0.15, 0.2) is 5.96 Å². The summed E-state index contributed by atoms with van der Waals surface area (Å²) in [5.74, 6) is 0.935. The van der Waals surface area contributed by atoms with Gasteiger partial charge in [0, 0.05) is 44.4 Å². The molecular formula is C21H42IN5O. The van der Waals surface area contributed by atoms with Crippen molar-refractivity contribution in [2.75, 3.05) is 59.5 Å². The number of piperidine rings is 1. The second-order valence-electron chi connectivity index (χ2n) is 9.17. The van der Waals surface area contributed by atoms with Crippen molar-refractivity contribution >= 4 is 29.9 Å². The zero-order chi connectivity index (χ0) is 19.2. The lowest BCUT2D eigenvalue weighted by Crippen LogP contribution is -2.60. The van der Waals surface area contributed by atoms with Crippen molar-refractivity contribution < 1.29 is 4.74 Å². The van der Waals surface area contributed by atoms with Gasteiger partial charge in [-0.2, -0.15) is 0 Å². The van der Waals surface area contributed by atoms with E-state index in [2.05, 4.69) is 39.3 Å². The predicted molar refractivity (Wildman–Crippen MR) is 128 cm³/mol. The van der Waals surface area contributed by atoms with Crippen molar-refractivity contribution in [3.05, 3.63) is 0 Å².